The predicted octanol–water partition coefficient (Wildman–Crippen LogP) is 5.56. The molecule has 0 bridgehead atoms. The summed E-state index contributed by atoms with van der Waals surface area (Å²) >= 11 is 7.14. The second-order valence-corrected chi connectivity index (χ2v) is 7.90. The van der Waals surface area contributed by atoms with Crippen LogP contribution >= 0.6 is 23.4 Å². The lowest BCUT2D eigenvalue weighted by atomic mass is 10.0. The Balaban J connectivity index is 1.85. The number of rotatable bonds is 5. The van der Waals surface area contributed by atoms with Crippen LogP contribution in [0.15, 0.2) is 82.6 Å². The van der Waals surface area contributed by atoms with Crippen LogP contribution < -0.4 is 9.64 Å². The van der Waals surface area contributed by atoms with Crippen LogP contribution in [0.4, 0.5) is 10.1 Å². The Labute approximate surface area is 181 Å². The van der Waals surface area contributed by atoms with Crippen molar-refractivity contribution in [2.24, 2.45) is 0 Å². The van der Waals surface area contributed by atoms with E-state index in [0.29, 0.717) is 22.0 Å². The van der Waals surface area contributed by atoms with E-state index in [4.69, 9.17) is 16.3 Å². The summed E-state index contributed by atoms with van der Waals surface area (Å²) in [4.78, 5) is 28.8. The van der Waals surface area contributed by atoms with E-state index < -0.39 is 17.6 Å². The maximum atomic E-state index is 13.4. The van der Waals surface area contributed by atoms with E-state index >= 15 is 0 Å². The van der Waals surface area contributed by atoms with Crippen LogP contribution in [-0.4, -0.2) is 18.9 Å². The van der Waals surface area contributed by atoms with Gasteiger partial charge in [-0.1, -0.05) is 41.6 Å². The number of carbonyl (C=O) groups excluding carboxylic acids is 2. The highest BCUT2D eigenvalue weighted by Gasteiger charge is 2.41. The van der Waals surface area contributed by atoms with Gasteiger partial charge in [0.25, 0.3) is 11.8 Å². The van der Waals surface area contributed by atoms with Gasteiger partial charge in [0.2, 0.25) is 0 Å². The molecule has 3 aromatic carbocycles. The van der Waals surface area contributed by atoms with Crippen molar-refractivity contribution >= 4 is 46.4 Å². The molecule has 7 heteroatoms. The Bertz CT molecular complexity index is 1160. The van der Waals surface area contributed by atoms with Crippen LogP contribution in [0.5, 0.6) is 5.75 Å². The quantitative estimate of drug-likeness (QED) is 0.488. The monoisotopic (exact) mass is 439 g/mol. The highest BCUT2D eigenvalue weighted by atomic mass is 35.5. The highest BCUT2D eigenvalue weighted by Crippen LogP contribution is 2.43. The topological polar surface area (TPSA) is 46.6 Å². The van der Waals surface area contributed by atoms with Gasteiger partial charge in [-0.2, -0.15) is 0 Å². The van der Waals surface area contributed by atoms with E-state index in [9.17, 15) is 14.0 Å². The lowest BCUT2D eigenvalue weighted by Crippen LogP contribution is -2.31. The van der Waals surface area contributed by atoms with Crippen molar-refractivity contribution in [2.45, 2.75) is 4.90 Å². The Morgan fingerprint density at radius 3 is 2.23 bits per heavy atom. The molecular weight excluding hydrogens is 425 g/mol. The fraction of sp³-hybridized carbons (Fsp3) is 0.0435. The summed E-state index contributed by atoms with van der Waals surface area (Å²) in [7, 11) is 1.50. The van der Waals surface area contributed by atoms with E-state index in [-0.39, 0.29) is 10.5 Å². The van der Waals surface area contributed by atoms with Crippen molar-refractivity contribution < 1.29 is 18.7 Å². The van der Waals surface area contributed by atoms with Crippen LogP contribution in [0.3, 0.4) is 0 Å². The molecule has 0 saturated carbocycles. The molecule has 0 radical (unpaired) electrons. The van der Waals surface area contributed by atoms with Crippen LogP contribution in [0.25, 0.3) is 5.57 Å². The Hall–Kier alpha value is -3.09. The van der Waals surface area contributed by atoms with E-state index in [1.165, 1.54) is 43.1 Å². The maximum absolute atomic E-state index is 13.4. The molecule has 0 spiro atoms. The van der Waals surface area contributed by atoms with E-state index in [0.717, 1.165) is 9.80 Å². The standard InChI is InChI=1S/C23H15ClFNO3S/c1-29-19-5-3-2-4-18(19)20-21(30-17-12-6-14(24)7-13-17)23(28)26(22(20)27)16-10-8-15(25)9-11-16/h2-13H,1H3. The van der Waals surface area contributed by atoms with Crippen molar-refractivity contribution in [3.8, 4) is 5.75 Å². The van der Waals surface area contributed by atoms with Crippen molar-refractivity contribution in [2.75, 3.05) is 12.0 Å². The van der Waals surface area contributed by atoms with Crippen molar-refractivity contribution in [1.29, 1.82) is 0 Å². The van der Waals surface area contributed by atoms with Gasteiger partial charge in [-0.15, -0.1) is 0 Å². The number of amides is 2. The molecule has 2 amide bonds. The van der Waals surface area contributed by atoms with E-state index in [1.807, 2.05) is 0 Å². The summed E-state index contributed by atoms with van der Waals surface area (Å²) in [6.45, 7) is 0. The number of methoxy groups -OCH3 is 1. The van der Waals surface area contributed by atoms with Gasteiger partial charge in [-0.3, -0.25) is 9.59 Å². The molecule has 30 heavy (non-hydrogen) atoms. The molecule has 0 N–H and O–H groups in total. The van der Waals surface area contributed by atoms with E-state index in [1.54, 1.807) is 48.5 Å². The summed E-state index contributed by atoms with van der Waals surface area (Å²) in [5, 5.41) is 0.569. The number of carbonyl (C=O) groups is 2. The third-order valence-corrected chi connectivity index (χ3v) is 5.88. The second-order valence-electron chi connectivity index (χ2n) is 6.38. The molecular formula is C23H15ClFNO3S. The lowest BCUT2D eigenvalue weighted by molar-refractivity contribution is -0.119. The number of imide groups is 1. The average molecular weight is 440 g/mol. The first-order valence-electron chi connectivity index (χ1n) is 8.95. The molecule has 4 nitrogen and oxygen atoms in total. The van der Waals surface area contributed by atoms with Gasteiger partial charge < -0.3 is 4.74 Å². The van der Waals surface area contributed by atoms with Gasteiger partial charge in [-0.25, -0.2) is 9.29 Å². The number of para-hydroxylation sites is 1. The van der Waals surface area contributed by atoms with Crippen LogP contribution in [-0.2, 0) is 9.59 Å². The maximum Gasteiger partial charge on any atom is 0.272 e. The molecule has 1 aliphatic rings. The molecule has 0 fully saturated rings. The van der Waals surface area contributed by atoms with E-state index in [2.05, 4.69) is 0 Å². The van der Waals surface area contributed by atoms with Gasteiger partial charge in [0.1, 0.15) is 11.6 Å². The molecule has 1 aliphatic heterocycles. The molecule has 0 atom stereocenters. The first-order chi connectivity index (χ1) is 14.5. The Morgan fingerprint density at radius 2 is 1.57 bits per heavy atom. The number of ether oxygens (including phenoxy) is 1. The normalized spacial score (nSPS) is 13.9. The lowest BCUT2D eigenvalue weighted by Gasteiger charge is -2.15. The molecule has 3 aromatic rings. The summed E-state index contributed by atoms with van der Waals surface area (Å²) < 4.78 is 18.8. The van der Waals surface area contributed by atoms with Crippen LogP contribution in [0.2, 0.25) is 5.02 Å². The van der Waals surface area contributed by atoms with Crippen LogP contribution in [0, 0.1) is 5.82 Å². The van der Waals surface area contributed by atoms with Gasteiger partial charge in [0.05, 0.1) is 23.3 Å². The van der Waals surface area contributed by atoms with Gasteiger partial charge >= 0.3 is 0 Å². The fourth-order valence-corrected chi connectivity index (χ4v) is 4.25. The molecule has 1 heterocycles. The second kappa shape index (κ2) is 8.34. The van der Waals surface area contributed by atoms with Crippen LogP contribution in [0.1, 0.15) is 5.56 Å². The molecule has 150 valence electrons. The minimum absolute atomic E-state index is 0.238. The number of hydrogen-bond donors (Lipinski definition) is 0. The number of anilines is 1. The Kier molecular flexibility index (Phi) is 5.61. The minimum Gasteiger partial charge on any atom is -0.496 e. The molecule has 0 unspecified atom stereocenters. The third-order valence-electron chi connectivity index (χ3n) is 4.54. The van der Waals surface area contributed by atoms with Crippen molar-refractivity contribution in [1.82, 2.24) is 0 Å². The van der Waals surface area contributed by atoms with Crippen molar-refractivity contribution in [3.63, 3.8) is 0 Å². The average Bonchev–Trinajstić information content (AvgIpc) is 3.00. The zero-order valence-electron chi connectivity index (χ0n) is 15.8. The first kappa shape index (κ1) is 20.2. The number of hydrogen-bond acceptors (Lipinski definition) is 4. The minimum atomic E-state index is -0.493. The zero-order chi connectivity index (χ0) is 21.3. The smallest absolute Gasteiger partial charge is 0.272 e. The summed E-state index contributed by atoms with van der Waals surface area (Å²) in [6, 6.07) is 19.2. The zero-order valence-corrected chi connectivity index (χ0v) is 17.3. The summed E-state index contributed by atoms with van der Waals surface area (Å²) in [6.07, 6.45) is 0. The van der Waals surface area contributed by atoms with Gasteiger partial charge in [0.15, 0.2) is 0 Å². The summed E-state index contributed by atoms with van der Waals surface area (Å²) in [5.74, 6) is -0.949. The molecule has 0 saturated heterocycles. The van der Waals surface area contributed by atoms with Crippen molar-refractivity contribution in [3.05, 3.63) is 94.1 Å². The predicted molar refractivity (Wildman–Crippen MR) is 116 cm³/mol. The number of halogens is 2. The number of thioether (sulfide) groups is 1. The number of benzene rings is 3. The molecule has 0 aromatic heterocycles. The highest BCUT2D eigenvalue weighted by molar-refractivity contribution is 8.04. The third kappa shape index (κ3) is 3.72. The van der Waals surface area contributed by atoms with Gasteiger partial charge in [-0.05, 0) is 54.6 Å². The fourth-order valence-electron chi connectivity index (χ4n) is 3.14. The first-order valence-corrected chi connectivity index (χ1v) is 10.1. The summed E-state index contributed by atoms with van der Waals surface area (Å²) in [5.41, 5.74) is 1.05. The molecule has 0 aliphatic carbocycles. The largest absolute Gasteiger partial charge is 0.496 e. The van der Waals surface area contributed by atoms with Gasteiger partial charge in [0, 0.05) is 15.5 Å². The Morgan fingerprint density at radius 1 is 0.900 bits per heavy atom. The number of nitrogens with zero attached hydrogens (tertiary/aromatic N) is 1. The SMILES string of the molecule is COc1ccccc1C1=C(Sc2ccc(Cl)cc2)C(=O)N(c2ccc(F)cc2)C1=O. The molecule has 4 rings (SSSR count).